The molecule has 0 saturated heterocycles. The molecule has 1 aromatic heterocycles. The Morgan fingerprint density at radius 1 is 1.35 bits per heavy atom. The van der Waals surface area contributed by atoms with Gasteiger partial charge >= 0.3 is 0 Å². The Morgan fingerprint density at radius 2 is 2.18 bits per heavy atom. The molecule has 0 N–H and O–H groups in total. The summed E-state index contributed by atoms with van der Waals surface area (Å²) in [6.45, 7) is 2.88. The molecule has 0 radical (unpaired) electrons. The Hall–Kier alpha value is -1.79. The lowest BCUT2D eigenvalue weighted by molar-refractivity contribution is 0.939. The summed E-state index contributed by atoms with van der Waals surface area (Å²) in [6.07, 6.45) is 0. The average molecular weight is 242 g/mol. The molecule has 0 atom stereocenters. The smallest absolute Gasteiger partial charge is 0.0994 e. The van der Waals surface area contributed by atoms with Crippen LogP contribution in [0.5, 0.6) is 0 Å². The molecule has 0 aliphatic carbocycles. The van der Waals surface area contributed by atoms with Gasteiger partial charge in [-0.25, -0.2) is 0 Å². The SMILES string of the molecule is Cc1cc(N(C)Cc2cccs2)ccc1C#N. The lowest BCUT2D eigenvalue weighted by Crippen LogP contribution is -2.15. The Labute approximate surface area is 106 Å². The fourth-order valence-corrected chi connectivity index (χ4v) is 2.50. The maximum Gasteiger partial charge on any atom is 0.0994 e. The minimum atomic E-state index is 0.748. The van der Waals surface area contributed by atoms with Crippen LogP contribution in [0.3, 0.4) is 0 Å². The zero-order valence-electron chi connectivity index (χ0n) is 9.97. The zero-order chi connectivity index (χ0) is 12.3. The van der Waals surface area contributed by atoms with E-state index in [0.29, 0.717) is 0 Å². The van der Waals surface area contributed by atoms with E-state index in [4.69, 9.17) is 5.26 Å². The maximum atomic E-state index is 8.89. The van der Waals surface area contributed by atoms with Gasteiger partial charge in [0.05, 0.1) is 18.2 Å². The first-order valence-electron chi connectivity index (χ1n) is 5.45. The van der Waals surface area contributed by atoms with Gasteiger partial charge in [-0.05, 0) is 42.1 Å². The van der Waals surface area contributed by atoms with Crippen molar-refractivity contribution >= 4 is 17.0 Å². The number of hydrogen-bond donors (Lipinski definition) is 0. The van der Waals surface area contributed by atoms with Gasteiger partial charge in [-0.2, -0.15) is 5.26 Å². The molecule has 0 aliphatic rings. The normalized spacial score (nSPS) is 9.94. The monoisotopic (exact) mass is 242 g/mol. The van der Waals surface area contributed by atoms with E-state index in [1.807, 2.05) is 19.1 Å². The molecule has 0 spiro atoms. The molecule has 0 unspecified atom stereocenters. The third-order valence-electron chi connectivity index (χ3n) is 2.74. The Balaban J connectivity index is 2.17. The van der Waals surface area contributed by atoms with E-state index < -0.39 is 0 Å². The van der Waals surface area contributed by atoms with Crippen molar-refractivity contribution in [2.45, 2.75) is 13.5 Å². The van der Waals surface area contributed by atoms with Crippen LogP contribution in [-0.2, 0) is 6.54 Å². The van der Waals surface area contributed by atoms with Crippen molar-refractivity contribution in [1.29, 1.82) is 5.26 Å². The van der Waals surface area contributed by atoms with Gasteiger partial charge in [0.25, 0.3) is 0 Å². The summed E-state index contributed by atoms with van der Waals surface area (Å²) < 4.78 is 0. The van der Waals surface area contributed by atoms with Crippen molar-refractivity contribution in [3.05, 3.63) is 51.7 Å². The third kappa shape index (κ3) is 2.66. The van der Waals surface area contributed by atoms with Gasteiger partial charge < -0.3 is 4.90 Å². The molecule has 0 aliphatic heterocycles. The van der Waals surface area contributed by atoms with Crippen LogP contribution in [0.1, 0.15) is 16.0 Å². The van der Waals surface area contributed by atoms with Gasteiger partial charge in [0.2, 0.25) is 0 Å². The highest BCUT2D eigenvalue weighted by atomic mass is 32.1. The van der Waals surface area contributed by atoms with Gasteiger partial charge in [-0.15, -0.1) is 11.3 Å². The number of anilines is 1. The van der Waals surface area contributed by atoms with E-state index in [0.717, 1.165) is 23.4 Å². The lowest BCUT2D eigenvalue weighted by atomic mass is 10.1. The summed E-state index contributed by atoms with van der Waals surface area (Å²) in [6, 6.07) is 12.3. The highest BCUT2D eigenvalue weighted by Gasteiger charge is 2.05. The van der Waals surface area contributed by atoms with Gasteiger partial charge in [0, 0.05) is 17.6 Å². The number of nitriles is 1. The molecular weight excluding hydrogens is 228 g/mol. The molecule has 2 aromatic rings. The second-order valence-corrected chi connectivity index (χ2v) is 5.08. The van der Waals surface area contributed by atoms with Crippen LogP contribution in [0.15, 0.2) is 35.7 Å². The molecular formula is C14H14N2S. The molecule has 0 fully saturated rings. The largest absolute Gasteiger partial charge is 0.369 e. The van der Waals surface area contributed by atoms with Gasteiger partial charge in [0.1, 0.15) is 0 Å². The molecule has 0 amide bonds. The van der Waals surface area contributed by atoms with Crippen molar-refractivity contribution < 1.29 is 0 Å². The fraction of sp³-hybridized carbons (Fsp3) is 0.214. The van der Waals surface area contributed by atoms with E-state index in [1.54, 1.807) is 11.3 Å². The first-order valence-corrected chi connectivity index (χ1v) is 6.33. The number of nitrogens with zero attached hydrogens (tertiary/aromatic N) is 2. The summed E-state index contributed by atoms with van der Waals surface area (Å²) >= 11 is 1.76. The van der Waals surface area contributed by atoms with Crippen molar-refractivity contribution in [2.24, 2.45) is 0 Å². The standard InChI is InChI=1S/C14H14N2S/c1-11-8-13(6-5-12(11)9-15)16(2)10-14-4-3-7-17-14/h3-8H,10H2,1-2H3. The molecule has 3 heteroatoms. The van der Waals surface area contributed by atoms with Crippen LogP contribution in [0, 0.1) is 18.3 Å². The predicted octanol–water partition coefficient (Wildman–Crippen LogP) is 3.56. The van der Waals surface area contributed by atoms with Crippen LogP contribution in [0.2, 0.25) is 0 Å². The quantitative estimate of drug-likeness (QED) is 0.822. The van der Waals surface area contributed by atoms with Gasteiger partial charge in [-0.3, -0.25) is 0 Å². The second-order valence-electron chi connectivity index (χ2n) is 4.05. The average Bonchev–Trinajstić information content (AvgIpc) is 2.81. The number of rotatable bonds is 3. The zero-order valence-corrected chi connectivity index (χ0v) is 10.8. The number of thiophene rings is 1. The minimum absolute atomic E-state index is 0.748. The summed E-state index contributed by atoms with van der Waals surface area (Å²) in [5, 5.41) is 11.0. The Morgan fingerprint density at radius 3 is 2.76 bits per heavy atom. The first-order chi connectivity index (χ1) is 8.20. The van der Waals surface area contributed by atoms with Crippen LogP contribution >= 0.6 is 11.3 Å². The summed E-state index contributed by atoms with van der Waals surface area (Å²) in [4.78, 5) is 3.54. The van der Waals surface area contributed by atoms with Crippen molar-refractivity contribution in [3.63, 3.8) is 0 Å². The fourth-order valence-electron chi connectivity index (χ4n) is 1.74. The van der Waals surface area contributed by atoms with Crippen LogP contribution in [-0.4, -0.2) is 7.05 Å². The van der Waals surface area contributed by atoms with Crippen molar-refractivity contribution in [1.82, 2.24) is 0 Å². The number of hydrogen-bond acceptors (Lipinski definition) is 3. The van der Waals surface area contributed by atoms with E-state index in [1.165, 1.54) is 4.88 Å². The minimum Gasteiger partial charge on any atom is -0.369 e. The van der Waals surface area contributed by atoms with Crippen molar-refractivity contribution in [2.75, 3.05) is 11.9 Å². The Bertz CT molecular complexity index is 538. The molecule has 2 nitrogen and oxygen atoms in total. The Kier molecular flexibility index (Phi) is 3.46. The molecule has 86 valence electrons. The van der Waals surface area contributed by atoms with Crippen molar-refractivity contribution in [3.8, 4) is 6.07 Å². The van der Waals surface area contributed by atoms with E-state index in [9.17, 15) is 0 Å². The molecule has 17 heavy (non-hydrogen) atoms. The van der Waals surface area contributed by atoms with Crippen LogP contribution in [0.25, 0.3) is 0 Å². The highest BCUT2D eigenvalue weighted by molar-refractivity contribution is 7.09. The summed E-state index contributed by atoms with van der Waals surface area (Å²) in [5.41, 5.74) is 2.93. The predicted molar refractivity (Wildman–Crippen MR) is 72.3 cm³/mol. The van der Waals surface area contributed by atoms with Gasteiger partial charge in [-0.1, -0.05) is 6.07 Å². The van der Waals surface area contributed by atoms with E-state index >= 15 is 0 Å². The third-order valence-corrected chi connectivity index (χ3v) is 3.61. The lowest BCUT2D eigenvalue weighted by Gasteiger charge is -2.19. The van der Waals surface area contributed by atoms with E-state index in [-0.39, 0.29) is 0 Å². The number of aryl methyl sites for hydroxylation is 1. The highest BCUT2D eigenvalue weighted by Crippen LogP contribution is 2.20. The van der Waals surface area contributed by atoms with Gasteiger partial charge in [0.15, 0.2) is 0 Å². The topological polar surface area (TPSA) is 27.0 Å². The summed E-state index contributed by atoms with van der Waals surface area (Å²) in [5.74, 6) is 0. The second kappa shape index (κ2) is 5.03. The van der Waals surface area contributed by atoms with Crippen LogP contribution in [0.4, 0.5) is 5.69 Å². The molecule has 1 aromatic carbocycles. The summed E-state index contributed by atoms with van der Waals surface area (Å²) in [7, 11) is 2.07. The first kappa shape index (κ1) is 11.7. The van der Waals surface area contributed by atoms with Crippen LogP contribution < -0.4 is 4.90 Å². The molecule has 2 rings (SSSR count). The van der Waals surface area contributed by atoms with E-state index in [2.05, 4.69) is 41.6 Å². The molecule has 0 saturated carbocycles. The molecule has 1 heterocycles. The number of benzene rings is 1. The maximum absolute atomic E-state index is 8.89. The molecule has 0 bridgehead atoms.